The zero-order valence-corrected chi connectivity index (χ0v) is 15.4. The highest BCUT2D eigenvalue weighted by Gasteiger charge is 2.14. The van der Waals surface area contributed by atoms with Crippen molar-refractivity contribution in [3.05, 3.63) is 63.9 Å². The van der Waals surface area contributed by atoms with Crippen LogP contribution in [0, 0.1) is 0 Å². The molecule has 0 spiro atoms. The van der Waals surface area contributed by atoms with E-state index in [1.807, 2.05) is 36.4 Å². The lowest BCUT2D eigenvalue weighted by Crippen LogP contribution is -2.40. The zero-order chi connectivity index (χ0) is 17.4. The summed E-state index contributed by atoms with van der Waals surface area (Å²) in [5.41, 5.74) is 2.01. The Labute approximate surface area is 153 Å². The Morgan fingerprint density at radius 3 is 2.50 bits per heavy atom. The molecule has 128 valence electrons. The van der Waals surface area contributed by atoms with Crippen LogP contribution in [0.4, 0.5) is 0 Å². The fourth-order valence-corrected chi connectivity index (χ4v) is 3.18. The summed E-state index contributed by atoms with van der Waals surface area (Å²) in [5.74, 6) is 0.918. The average Bonchev–Trinajstić information content (AvgIpc) is 2.58. The number of guanidine groups is 1. The highest BCUT2D eigenvalue weighted by atomic mass is 35.5. The van der Waals surface area contributed by atoms with Crippen molar-refractivity contribution in [1.82, 2.24) is 15.6 Å². The molecule has 0 saturated heterocycles. The summed E-state index contributed by atoms with van der Waals surface area (Å²) in [6.45, 7) is 3.53. The lowest BCUT2D eigenvalue weighted by atomic mass is 10.0. The molecule has 6 heteroatoms. The van der Waals surface area contributed by atoms with Crippen LogP contribution in [0.2, 0.25) is 10.0 Å². The lowest BCUT2D eigenvalue weighted by molar-refractivity contribution is 0.697. The van der Waals surface area contributed by atoms with E-state index in [0.717, 1.165) is 30.2 Å². The molecule has 4 nitrogen and oxygen atoms in total. The van der Waals surface area contributed by atoms with Gasteiger partial charge in [0.25, 0.3) is 0 Å². The molecule has 0 fully saturated rings. The largest absolute Gasteiger partial charge is 0.356 e. The number of halogens is 2. The van der Waals surface area contributed by atoms with Crippen LogP contribution >= 0.6 is 23.2 Å². The second kappa shape index (κ2) is 9.50. The van der Waals surface area contributed by atoms with E-state index in [-0.39, 0.29) is 5.92 Å². The van der Waals surface area contributed by atoms with Gasteiger partial charge in [-0.3, -0.25) is 9.98 Å². The van der Waals surface area contributed by atoms with E-state index in [9.17, 15) is 0 Å². The molecule has 0 saturated carbocycles. The van der Waals surface area contributed by atoms with Gasteiger partial charge in [0.2, 0.25) is 0 Å². The fourth-order valence-electron chi connectivity index (χ4n) is 2.41. The van der Waals surface area contributed by atoms with Gasteiger partial charge in [0.15, 0.2) is 5.96 Å². The van der Waals surface area contributed by atoms with E-state index in [1.54, 1.807) is 13.2 Å². The molecule has 2 rings (SSSR count). The normalized spacial score (nSPS) is 12.8. The van der Waals surface area contributed by atoms with Crippen molar-refractivity contribution in [2.24, 2.45) is 4.99 Å². The van der Waals surface area contributed by atoms with Gasteiger partial charge in [-0.25, -0.2) is 0 Å². The number of aliphatic imine (C=N–C) groups is 1. The molecule has 0 bridgehead atoms. The van der Waals surface area contributed by atoms with E-state index < -0.39 is 0 Å². The summed E-state index contributed by atoms with van der Waals surface area (Å²) >= 11 is 12.5. The number of benzene rings is 1. The predicted octanol–water partition coefficient (Wildman–Crippen LogP) is 3.90. The van der Waals surface area contributed by atoms with Gasteiger partial charge in [-0.15, -0.1) is 0 Å². The maximum Gasteiger partial charge on any atom is 0.191 e. The Hall–Kier alpha value is -1.78. The maximum absolute atomic E-state index is 6.26. The van der Waals surface area contributed by atoms with E-state index in [4.69, 9.17) is 23.2 Å². The molecule has 24 heavy (non-hydrogen) atoms. The average molecular weight is 365 g/mol. The van der Waals surface area contributed by atoms with Crippen molar-refractivity contribution in [3.8, 4) is 0 Å². The van der Waals surface area contributed by atoms with E-state index in [0.29, 0.717) is 16.6 Å². The standard InChI is InChI=1S/C18H22Cl2N4/c1-13(17-15(19)7-5-8-16(17)20)12-24-18(21-2)23-11-9-14-6-3-4-10-22-14/h3-8,10,13H,9,11-12H2,1-2H3,(H2,21,23,24). The van der Waals surface area contributed by atoms with Crippen LogP contribution in [0.25, 0.3) is 0 Å². The first-order chi connectivity index (χ1) is 11.6. The van der Waals surface area contributed by atoms with Crippen LogP contribution in [0.1, 0.15) is 24.1 Å². The summed E-state index contributed by atoms with van der Waals surface area (Å²) in [5, 5.41) is 7.98. The number of aromatic nitrogens is 1. The molecule has 0 amide bonds. The number of pyridine rings is 1. The van der Waals surface area contributed by atoms with Gasteiger partial charge in [0.05, 0.1) is 0 Å². The molecule has 1 aromatic heterocycles. The second-order valence-electron chi connectivity index (χ2n) is 5.49. The van der Waals surface area contributed by atoms with Crippen LogP contribution in [0.3, 0.4) is 0 Å². The van der Waals surface area contributed by atoms with Crippen LogP contribution < -0.4 is 10.6 Å². The number of nitrogens with one attached hydrogen (secondary N) is 2. The molecule has 0 radical (unpaired) electrons. The molecule has 0 aliphatic carbocycles. The Kier molecular flexibility index (Phi) is 7.35. The quantitative estimate of drug-likeness (QED) is 0.603. The predicted molar refractivity (Wildman–Crippen MR) is 102 cm³/mol. The Balaban J connectivity index is 1.83. The van der Waals surface area contributed by atoms with Crippen molar-refractivity contribution in [2.45, 2.75) is 19.3 Å². The molecule has 2 aromatic rings. The minimum absolute atomic E-state index is 0.167. The number of hydrogen-bond donors (Lipinski definition) is 2. The monoisotopic (exact) mass is 364 g/mol. The Bertz CT molecular complexity index is 654. The van der Waals surface area contributed by atoms with E-state index in [1.165, 1.54) is 0 Å². The van der Waals surface area contributed by atoms with E-state index in [2.05, 4.69) is 27.5 Å². The Morgan fingerprint density at radius 2 is 1.88 bits per heavy atom. The first-order valence-corrected chi connectivity index (χ1v) is 8.65. The summed E-state index contributed by atoms with van der Waals surface area (Å²) in [4.78, 5) is 8.54. The smallest absolute Gasteiger partial charge is 0.191 e. The fraction of sp³-hybridized carbons (Fsp3) is 0.333. The van der Waals surface area contributed by atoms with Crippen molar-refractivity contribution in [2.75, 3.05) is 20.1 Å². The van der Waals surface area contributed by atoms with Crippen LogP contribution in [-0.4, -0.2) is 31.1 Å². The van der Waals surface area contributed by atoms with Crippen LogP contribution in [0.15, 0.2) is 47.6 Å². The van der Waals surface area contributed by atoms with Crippen molar-refractivity contribution in [1.29, 1.82) is 0 Å². The molecule has 0 aliphatic heterocycles. The van der Waals surface area contributed by atoms with Gasteiger partial charge in [-0.1, -0.05) is 42.3 Å². The molecular formula is C18H22Cl2N4. The molecule has 1 aromatic carbocycles. The SMILES string of the molecule is CN=C(NCCc1ccccn1)NCC(C)c1c(Cl)cccc1Cl. The number of rotatable bonds is 6. The van der Waals surface area contributed by atoms with Crippen LogP contribution in [-0.2, 0) is 6.42 Å². The Morgan fingerprint density at radius 1 is 1.12 bits per heavy atom. The summed E-state index contributed by atoms with van der Waals surface area (Å²) in [7, 11) is 1.75. The molecule has 1 unspecified atom stereocenters. The van der Waals surface area contributed by atoms with Crippen molar-refractivity contribution >= 4 is 29.2 Å². The zero-order valence-electron chi connectivity index (χ0n) is 13.9. The van der Waals surface area contributed by atoms with Gasteiger partial charge < -0.3 is 10.6 Å². The number of nitrogens with zero attached hydrogens (tertiary/aromatic N) is 2. The van der Waals surface area contributed by atoms with Crippen molar-refractivity contribution in [3.63, 3.8) is 0 Å². The molecule has 1 atom stereocenters. The minimum Gasteiger partial charge on any atom is -0.356 e. The highest BCUT2D eigenvalue weighted by molar-refractivity contribution is 6.36. The van der Waals surface area contributed by atoms with Gasteiger partial charge in [0.1, 0.15) is 0 Å². The van der Waals surface area contributed by atoms with Crippen molar-refractivity contribution < 1.29 is 0 Å². The lowest BCUT2D eigenvalue weighted by Gasteiger charge is -2.18. The maximum atomic E-state index is 6.26. The van der Waals surface area contributed by atoms with Gasteiger partial charge in [-0.2, -0.15) is 0 Å². The molecule has 0 aliphatic rings. The van der Waals surface area contributed by atoms with Gasteiger partial charge in [-0.05, 0) is 29.8 Å². The number of hydrogen-bond acceptors (Lipinski definition) is 2. The molecule has 2 N–H and O–H groups in total. The van der Waals surface area contributed by atoms with Gasteiger partial charge in [0, 0.05) is 54.4 Å². The minimum atomic E-state index is 0.167. The summed E-state index contributed by atoms with van der Waals surface area (Å²) < 4.78 is 0. The van der Waals surface area contributed by atoms with E-state index >= 15 is 0 Å². The summed E-state index contributed by atoms with van der Waals surface area (Å²) in [6.07, 6.45) is 2.64. The second-order valence-corrected chi connectivity index (χ2v) is 6.30. The van der Waals surface area contributed by atoms with Gasteiger partial charge >= 0.3 is 0 Å². The molecule has 1 heterocycles. The third-order valence-corrected chi connectivity index (χ3v) is 4.35. The topological polar surface area (TPSA) is 49.3 Å². The highest BCUT2D eigenvalue weighted by Crippen LogP contribution is 2.30. The third kappa shape index (κ3) is 5.39. The summed E-state index contributed by atoms with van der Waals surface area (Å²) in [6, 6.07) is 11.5. The van der Waals surface area contributed by atoms with Crippen LogP contribution in [0.5, 0.6) is 0 Å². The third-order valence-electron chi connectivity index (χ3n) is 3.69. The molecular weight excluding hydrogens is 343 g/mol. The first-order valence-electron chi connectivity index (χ1n) is 7.90. The first kappa shape index (κ1) is 18.6.